The van der Waals surface area contributed by atoms with Crippen LogP contribution in [0.5, 0.6) is 0 Å². The minimum atomic E-state index is 0.179. The van der Waals surface area contributed by atoms with Crippen molar-refractivity contribution in [2.24, 2.45) is 0 Å². The van der Waals surface area contributed by atoms with Crippen LogP contribution in [0.15, 0.2) is 66.2 Å². The van der Waals surface area contributed by atoms with E-state index in [2.05, 4.69) is 115 Å². The Morgan fingerprint density at radius 2 is 1.06 bits per heavy atom. The molecule has 0 heterocycles. The van der Waals surface area contributed by atoms with Gasteiger partial charge in [-0.2, -0.15) is 0 Å². The van der Waals surface area contributed by atoms with Crippen molar-refractivity contribution in [1.82, 2.24) is 0 Å². The van der Waals surface area contributed by atoms with Crippen molar-refractivity contribution in [3.63, 3.8) is 0 Å². The molecule has 160 valence electrons. The van der Waals surface area contributed by atoms with Gasteiger partial charge in [-0.15, -0.1) is 0 Å². The quantitative estimate of drug-likeness (QED) is 0.405. The molecule has 0 bridgehead atoms. The van der Waals surface area contributed by atoms with Crippen molar-refractivity contribution in [1.29, 1.82) is 0 Å². The molecular weight excluding hydrogens is 372 g/mol. The summed E-state index contributed by atoms with van der Waals surface area (Å²) in [5, 5.41) is 0. The number of fused-ring (bicyclic) bond motifs is 1. The number of hydrogen-bond donors (Lipinski definition) is 0. The third-order valence-corrected chi connectivity index (χ3v) is 6.69. The molecule has 0 heteroatoms. The molecule has 0 spiro atoms. The van der Waals surface area contributed by atoms with Crippen LogP contribution in [-0.4, -0.2) is 0 Å². The van der Waals surface area contributed by atoms with Gasteiger partial charge in [0.1, 0.15) is 0 Å². The van der Waals surface area contributed by atoms with Crippen LogP contribution in [-0.2, 0) is 17.3 Å². The van der Waals surface area contributed by atoms with E-state index >= 15 is 0 Å². The van der Waals surface area contributed by atoms with E-state index in [1.54, 1.807) is 0 Å². The molecule has 0 aliphatic heterocycles. The number of allylic oxidation sites excluding steroid dienone is 1. The smallest absolute Gasteiger partial charge is 0.00515 e. The van der Waals surface area contributed by atoms with Crippen molar-refractivity contribution in [2.75, 3.05) is 0 Å². The molecule has 3 aromatic rings. The molecule has 1 aliphatic rings. The van der Waals surface area contributed by atoms with Crippen LogP contribution in [0.3, 0.4) is 0 Å². The maximum atomic E-state index is 2.44. The molecule has 31 heavy (non-hydrogen) atoms. The fraction of sp³-hybridized carbons (Fsp3) is 0.355. The summed E-state index contributed by atoms with van der Waals surface area (Å²) < 4.78 is 0. The van der Waals surface area contributed by atoms with Gasteiger partial charge in [-0.1, -0.05) is 121 Å². The lowest BCUT2D eigenvalue weighted by Gasteiger charge is -2.20. The Hall–Kier alpha value is -2.60. The largest absolute Gasteiger partial charge is 0.0654 e. The maximum Gasteiger partial charge on any atom is -0.00515 e. The Balaban J connectivity index is 1.78. The fourth-order valence-corrected chi connectivity index (χ4v) is 4.55. The first-order valence-corrected chi connectivity index (χ1v) is 11.6. The fourth-order valence-electron chi connectivity index (χ4n) is 4.55. The minimum Gasteiger partial charge on any atom is -0.0654 e. The van der Waals surface area contributed by atoms with Crippen LogP contribution >= 0.6 is 0 Å². The summed E-state index contributed by atoms with van der Waals surface area (Å²) in [6.07, 6.45) is 4.62. The van der Waals surface area contributed by atoms with Gasteiger partial charge in [-0.3, -0.25) is 0 Å². The average molecular weight is 409 g/mol. The molecule has 0 amide bonds. The van der Waals surface area contributed by atoms with Crippen molar-refractivity contribution < 1.29 is 0 Å². The highest BCUT2D eigenvalue weighted by Crippen LogP contribution is 2.41. The molecule has 3 aromatic carbocycles. The Morgan fingerprint density at radius 1 is 0.613 bits per heavy atom. The second kappa shape index (κ2) is 7.83. The van der Waals surface area contributed by atoms with E-state index in [1.165, 1.54) is 50.1 Å². The van der Waals surface area contributed by atoms with Crippen LogP contribution in [0.2, 0.25) is 0 Å². The van der Waals surface area contributed by atoms with Crippen LogP contribution in [0.1, 0.15) is 77.1 Å². The SMILES string of the molecule is CCC1=Cc2c(-c3ccc(C(C)(C)C)cc3)ccc(-c3ccc(C(C)(C)C)cc3)c2C1. The molecule has 0 radical (unpaired) electrons. The second-order valence-corrected chi connectivity index (χ2v) is 11.0. The summed E-state index contributed by atoms with van der Waals surface area (Å²) in [5.41, 5.74) is 12.9. The summed E-state index contributed by atoms with van der Waals surface area (Å²) >= 11 is 0. The molecule has 0 nitrogen and oxygen atoms in total. The third kappa shape index (κ3) is 4.26. The minimum absolute atomic E-state index is 0.179. The predicted octanol–water partition coefficient (Wildman–Crippen LogP) is 8.97. The molecule has 0 N–H and O–H groups in total. The maximum absolute atomic E-state index is 2.44. The second-order valence-electron chi connectivity index (χ2n) is 11.0. The Bertz CT molecular complexity index is 1110. The summed E-state index contributed by atoms with van der Waals surface area (Å²) in [7, 11) is 0. The molecule has 0 saturated carbocycles. The standard InChI is InChI=1S/C31H36/c1-8-21-19-28-26(22-9-13-24(14-10-22)30(2,3)4)17-18-27(29(28)20-21)23-11-15-25(16-12-23)31(5,6)7/h9-19H,8,20H2,1-7H3. The number of rotatable bonds is 3. The highest BCUT2D eigenvalue weighted by atomic mass is 14.3. The third-order valence-electron chi connectivity index (χ3n) is 6.69. The van der Waals surface area contributed by atoms with E-state index in [1.807, 2.05) is 0 Å². The number of hydrogen-bond acceptors (Lipinski definition) is 0. The average Bonchev–Trinajstić information content (AvgIpc) is 3.16. The van der Waals surface area contributed by atoms with Gasteiger partial charge < -0.3 is 0 Å². The monoisotopic (exact) mass is 408 g/mol. The van der Waals surface area contributed by atoms with E-state index < -0.39 is 0 Å². The lowest BCUT2D eigenvalue weighted by atomic mass is 9.84. The Morgan fingerprint density at radius 3 is 1.52 bits per heavy atom. The normalized spacial score (nSPS) is 13.8. The van der Waals surface area contributed by atoms with Crippen LogP contribution in [0.4, 0.5) is 0 Å². The van der Waals surface area contributed by atoms with Gasteiger partial charge >= 0.3 is 0 Å². The molecule has 4 rings (SSSR count). The lowest BCUT2D eigenvalue weighted by molar-refractivity contribution is 0.590. The van der Waals surface area contributed by atoms with E-state index in [9.17, 15) is 0 Å². The zero-order valence-electron chi connectivity index (χ0n) is 20.3. The first-order chi connectivity index (χ1) is 14.6. The van der Waals surface area contributed by atoms with Crippen molar-refractivity contribution in [3.8, 4) is 22.3 Å². The first kappa shape index (κ1) is 21.6. The van der Waals surface area contributed by atoms with Gasteiger partial charge in [0, 0.05) is 0 Å². The summed E-state index contributed by atoms with van der Waals surface area (Å²) in [4.78, 5) is 0. The van der Waals surface area contributed by atoms with Gasteiger partial charge in [-0.05, 0) is 68.2 Å². The highest BCUT2D eigenvalue weighted by molar-refractivity contribution is 5.87. The van der Waals surface area contributed by atoms with Crippen LogP contribution in [0.25, 0.3) is 28.3 Å². The van der Waals surface area contributed by atoms with Gasteiger partial charge in [0.15, 0.2) is 0 Å². The van der Waals surface area contributed by atoms with Crippen molar-refractivity contribution in [3.05, 3.63) is 88.5 Å². The topological polar surface area (TPSA) is 0 Å². The molecule has 0 saturated heterocycles. The molecule has 0 unspecified atom stereocenters. The predicted molar refractivity (Wildman–Crippen MR) is 137 cm³/mol. The van der Waals surface area contributed by atoms with Gasteiger partial charge in [0.2, 0.25) is 0 Å². The van der Waals surface area contributed by atoms with Gasteiger partial charge in [0.25, 0.3) is 0 Å². The molecular formula is C31H36. The van der Waals surface area contributed by atoms with Gasteiger partial charge in [-0.25, -0.2) is 0 Å². The summed E-state index contributed by atoms with van der Waals surface area (Å²) in [5.74, 6) is 0. The molecule has 1 aliphatic carbocycles. The Kier molecular flexibility index (Phi) is 5.46. The zero-order chi connectivity index (χ0) is 22.4. The Labute approximate surface area is 189 Å². The molecule has 0 atom stereocenters. The van der Waals surface area contributed by atoms with E-state index in [0.717, 1.165) is 12.8 Å². The van der Waals surface area contributed by atoms with Crippen molar-refractivity contribution >= 4 is 6.08 Å². The van der Waals surface area contributed by atoms with E-state index in [4.69, 9.17) is 0 Å². The first-order valence-electron chi connectivity index (χ1n) is 11.6. The number of benzene rings is 3. The van der Waals surface area contributed by atoms with Crippen molar-refractivity contribution in [2.45, 2.75) is 72.1 Å². The molecule has 0 aromatic heterocycles. The zero-order valence-corrected chi connectivity index (χ0v) is 20.3. The highest BCUT2D eigenvalue weighted by Gasteiger charge is 2.21. The van der Waals surface area contributed by atoms with Crippen LogP contribution < -0.4 is 0 Å². The molecule has 0 fully saturated rings. The van der Waals surface area contributed by atoms with Gasteiger partial charge in [0.05, 0.1) is 0 Å². The van der Waals surface area contributed by atoms with E-state index in [0.29, 0.717) is 0 Å². The lowest BCUT2D eigenvalue weighted by Crippen LogP contribution is -2.10. The van der Waals surface area contributed by atoms with Crippen LogP contribution in [0, 0.1) is 0 Å². The summed E-state index contributed by atoms with van der Waals surface area (Å²) in [6, 6.07) is 23.0. The summed E-state index contributed by atoms with van der Waals surface area (Å²) in [6.45, 7) is 15.9. The van der Waals surface area contributed by atoms with E-state index in [-0.39, 0.29) is 10.8 Å².